The number of hydrogen-bond acceptors (Lipinski definition) is 4. The summed E-state index contributed by atoms with van der Waals surface area (Å²) >= 11 is 0. The number of ether oxygens (including phenoxy) is 1. The first kappa shape index (κ1) is 42.0. The van der Waals surface area contributed by atoms with Gasteiger partial charge in [0.1, 0.15) is 11.4 Å². The normalized spacial score (nSPS) is 15.6. The molecule has 1 N–H and O–H groups in total. The Morgan fingerprint density at radius 2 is 1.64 bits per heavy atom. The lowest BCUT2D eigenvalue weighted by molar-refractivity contribution is 0.0544. The molecule has 0 bridgehead atoms. The number of rotatable bonds is 11. The van der Waals surface area contributed by atoms with E-state index in [0.717, 1.165) is 71.3 Å². The van der Waals surface area contributed by atoms with Crippen LogP contribution in [0.4, 0.5) is 4.39 Å². The lowest BCUT2D eigenvalue weighted by atomic mass is 9.79. The Kier molecular flexibility index (Phi) is 16.7. The second-order valence-electron chi connectivity index (χ2n) is 15.4. The average molecular weight is 680 g/mol. The molecule has 0 aliphatic heterocycles. The molecule has 2 aromatic carbocycles. The second-order valence-corrected chi connectivity index (χ2v) is 15.4. The third kappa shape index (κ3) is 14.4. The summed E-state index contributed by atoms with van der Waals surface area (Å²) in [5, 5.41) is 13.3. The zero-order valence-electron chi connectivity index (χ0n) is 32.4. The van der Waals surface area contributed by atoms with Crippen LogP contribution in [0.2, 0.25) is 0 Å². The fourth-order valence-corrected chi connectivity index (χ4v) is 6.01. The van der Waals surface area contributed by atoms with E-state index in [0.29, 0.717) is 11.5 Å². The van der Waals surface area contributed by atoms with E-state index in [1.165, 1.54) is 37.3 Å². The van der Waals surface area contributed by atoms with E-state index in [-0.39, 0.29) is 16.8 Å². The van der Waals surface area contributed by atoms with E-state index in [1.807, 2.05) is 71.0 Å². The van der Waals surface area contributed by atoms with Crippen LogP contribution in [0, 0.1) is 29.0 Å². The summed E-state index contributed by atoms with van der Waals surface area (Å²) in [7, 11) is 0. The molecule has 270 valence electrons. The van der Waals surface area contributed by atoms with Crippen LogP contribution in [-0.2, 0) is 16.6 Å². The highest BCUT2D eigenvalue weighted by Gasteiger charge is 2.28. The van der Waals surface area contributed by atoms with Crippen molar-refractivity contribution in [2.75, 3.05) is 6.54 Å². The van der Waals surface area contributed by atoms with Crippen LogP contribution in [0.15, 0.2) is 91.7 Å². The number of nitriles is 1. The smallest absolute Gasteiger partial charge is 0.123 e. The van der Waals surface area contributed by atoms with Gasteiger partial charge in [0.25, 0.3) is 0 Å². The third-order valence-corrected chi connectivity index (χ3v) is 9.06. The first-order chi connectivity index (χ1) is 23.5. The summed E-state index contributed by atoms with van der Waals surface area (Å²) in [4.78, 5) is 5.16. The minimum atomic E-state index is -0.304. The number of aryl methyl sites for hydroxylation is 1. The van der Waals surface area contributed by atoms with Gasteiger partial charge < -0.3 is 10.1 Å². The molecule has 5 heteroatoms. The molecule has 1 aliphatic rings. The van der Waals surface area contributed by atoms with Crippen molar-refractivity contribution in [3.05, 3.63) is 120 Å². The molecule has 1 saturated carbocycles. The Labute approximate surface area is 303 Å². The molecule has 1 aromatic heterocycles. The Bertz CT molecular complexity index is 1610. The van der Waals surface area contributed by atoms with E-state index in [9.17, 15) is 9.65 Å². The van der Waals surface area contributed by atoms with Crippen LogP contribution < -0.4 is 5.32 Å². The number of allylic oxidation sites excluding steroid dienone is 2. The molecule has 2 unspecified atom stereocenters. The van der Waals surface area contributed by atoms with Gasteiger partial charge >= 0.3 is 0 Å². The molecule has 50 heavy (non-hydrogen) atoms. The van der Waals surface area contributed by atoms with Gasteiger partial charge in [-0.2, -0.15) is 5.26 Å². The van der Waals surface area contributed by atoms with Crippen molar-refractivity contribution in [3.8, 4) is 17.3 Å². The van der Waals surface area contributed by atoms with Crippen molar-refractivity contribution in [2.24, 2.45) is 11.8 Å². The fraction of sp³-hybridized carbons (Fsp3) is 0.467. The summed E-state index contributed by atoms with van der Waals surface area (Å²) in [5.41, 5.74) is 6.90. The van der Waals surface area contributed by atoms with Crippen molar-refractivity contribution >= 4 is 5.70 Å². The fourth-order valence-electron chi connectivity index (χ4n) is 6.01. The Morgan fingerprint density at radius 1 is 0.980 bits per heavy atom. The van der Waals surface area contributed by atoms with Gasteiger partial charge in [-0.3, -0.25) is 4.98 Å². The highest BCUT2D eigenvalue weighted by Crippen LogP contribution is 2.35. The molecule has 0 spiro atoms. The van der Waals surface area contributed by atoms with Crippen molar-refractivity contribution in [3.63, 3.8) is 0 Å². The quantitative estimate of drug-likeness (QED) is 0.162. The Balaban J connectivity index is 0.000000567. The molecule has 0 amide bonds. The van der Waals surface area contributed by atoms with Crippen LogP contribution in [0.5, 0.6) is 0 Å². The topological polar surface area (TPSA) is 57.9 Å². The maximum Gasteiger partial charge on any atom is 0.123 e. The highest BCUT2D eigenvalue weighted by atomic mass is 19.1. The zero-order valence-corrected chi connectivity index (χ0v) is 32.4. The van der Waals surface area contributed by atoms with Crippen LogP contribution in [0.3, 0.4) is 0 Å². The maximum absolute atomic E-state index is 13.8. The Hall–Kier alpha value is -4.17. The number of nitrogens with one attached hydrogen (secondary N) is 1. The molecule has 1 aliphatic carbocycles. The molecular formula is C45H62FN3O. The molecular weight excluding hydrogens is 618 g/mol. The van der Waals surface area contributed by atoms with Crippen molar-refractivity contribution in [2.45, 2.75) is 118 Å². The minimum absolute atomic E-state index is 0.0775. The zero-order chi connectivity index (χ0) is 37.5. The first-order valence-corrected chi connectivity index (χ1v) is 18.1. The second kappa shape index (κ2) is 19.9. The predicted molar refractivity (Wildman–Crippen MR) is 211 cm³/mol. The van der Waals surface area contributed by atoms with Gasteiger partial charge in [-0.1, -0.05) is 96.0 Å². The van der Waals surface area contributed by atoms with Gasteiger partial charge in [-0.05, 0) is 108 Å². The standard InChI is InChI=1S/C33H38FN3.C7H14O.C5H10/c1-23-10-5-6-13-27(23)22-36-24(2)29-16-17-31(30-15-8-7-12-26(30)21-35)37-32(29)33(3,4)19-18-25-11-9-14-28(34)20-25;1-6(2)8-7(3,4)5;1-4-5(2)3/h7-9,11-12,14-17,20,23,27,36H,2,5-6,10,13,18-19,22H2,1,3-4H3;1H2,2-5H3;2,4H2,1,3H3. The van der Waals surface area contributed by atoms with Crippen LogP contribution in [0.1, 0.15) is 123 Å². The molecule has 4 nitrogen and oxygen atoms in total. The summed E-state index contributed by atoms with van der Waals surface area (Å²) < 4.78 is 19.0. The van der Waals surface area contributed by atoms with Crippen LogP contribution in [0.25, 0.3) is 17.0 Å². The number of aromatic nitrogens is 1. The van der Waals surface area contributed by atoms with Crippen LogP contribution in [-0.4, -0.2) is 17.1 Å². The average Bonchev–Trinajstić information content (AvgIpc) is 3.06. The first-order valence-electron chi connectivity index (χ1n) is 18.1. The van der Waals surface area contributed by atoms with Gasteiger partial charge in [0.05, 0.1) is 28.8 Å². The van der Waals surface area contributed by atoms with Gasteiger partial charge in [-0.15, -0.1) is 6.58 Å². The van der Waals surface area contributed by atoms with Crippen molar-refractivity contribution in [1.82, 2.24) is 10.3 Å². The molecule has 1 heterocycles. The maximum atomic E-state index is 13.8. The summed E-state index contributed by atoms with van der Waals surface area (Å²) in [5.74, 6) is 1.94. The van der Waals surface area contributed by atoms with E-state index in [4.69, 9.17) is 9.72 Å². The summed E-state index contributed by atoms with van der Waals surface area (Å²) in [6, 6.07) is 20.8. The number of benzene rings is 2. The van der Waals surface area contributed by atoms with E-state index >= 15 is 0 Å². The van der Waals surface area contributed by atoms with E-state index < -0.39 is 0 Å². The van der Waals surface area contributed by atoms with Gasteiger partial charge in [0.15, 0.2) is 0 Å². The Morgan fingerprint density at radius 3 is 2.20 bits per heavy atom. The number of nitrogens with zero attached hydrogens (tertiary/aromatic N) is 2. The van der Waals surface area contributed by atoms with Gasteiger partial charge in [-0.25, -0.2) is 4.39 Å². The van der Waals surface area contributed by atoms with Crippen LogP contribution >= 0.6 is 0 Å². The van der Waals surface area contributed by atoms with Crippen molar-refractivity contribution < 1.29 is 9.13 Å². The largest absolute Gasteiger partial charge is 0.493 e. The molecule has 1 fully saturated rings. The predicted octanol–water partition coefficient (Wildman–Crippen LogP) is 12.4. The minimum Gasteiger partial charge on any atom is -0.493 e. The molecule has 4 rings (SSSR count). The molecule has 2 atom stereocenters. The highest BCUT2D eigenvalue weighted by molar-refractivity contribution is 5.71. The molecule has 3 aromatic rings. The number of pyridine rings is 1. The summed E-state index contributed by atoms with van der Waals surface area (Å²) in [6.45, 7) is 31.4. The summed E-state index contributed by atoms with van der Waals surface area (Å²) in [6.07, 6.45) is 7.84. The van der Waals surface area contributed by atoms with E-state index in [1.54, 1.807) is 12.1 Å². The van der Waals surface area contributed by atoms with E-state index in [2.05, 4.69) is 64.9 Å². The lowest BCUT2D eigenvalue weighted by Gasteiger charge is -2.31. The molecule has 0 radical (unpaired) electrons. The van der Waals surface area contributed by atoms with Gasteiger partial charge in [0.2, 0.25) is 0 Å². The third-order valence-electron chi connectivity index (χ3n) is 9.06. The SMILES string of the molecule is C=C(C)CC.C=C(C)OC(C)(C)C.C=C(NCC1CCCCC1C)c1ccc(-c2ccccc2C#N)nc1C(C)(C)CCc1cccc(F)c1. The number of hydrogen-bond donors (Lipinski definition) is 1. The lowest BCUT2D eigenvalue weighted by Crippen LogP contribution is -2.30. The van der Waals surface area contributed by atoms with Crippen molar-refractivity contribution in [1.29, 1.82) is 5.26 Å². The monoisotopic (exact) mass is 679 g/mol. The van der Waals surface area contributed by atoms with Gasteiger partial charge in [0, 0.05) is 28.8 Å². The number of halogens is 1. The molecule has 0 saturated heterocycles.